The molecule has 22 heavy (non-hydrogen) atoms. The number of aromatic hydroxyl groups is 1. The zero-order valence-corrected chi connectivity index (χ0v) is 13.0. The van der Waals surface area contributed by atoms with E-state index >= 15 is 0 Å². The van der Waals surface area contributed by atoms with Crippen molar-refractivity contribution in [2.75, 3.05) is 31.1 Å². The maximum absolute atomic E-state index is 12.2. The fourth-order valence-corrected chi connectivity index (χ4v) is 4.48. The van der Waals surface area contributed by atoms with Gasteiger partial charge < -0.3 is 15.3 Å². The molecule has 0 bridgehead atoms. The van der Waals surface area contributed by atoms with Crippen LogP contribution in [0.25, 0.3) is 0 Å². The average Bonchev–Trinajstić information content (AvgIpc) is 3.08. The van der Waals surface area contributed by atoms with Gasteiger partial charge in [-0.05, 0) is 35.5 Å². The van der Waals surface area contributed by atoms with Gasteiger partial charge in [0.2, 0.25) is 5.91 Å². The van der Waals surface area contributed by atoms with Gasteiger partial charge in [-0.25, -0.2) is 4.98 Å². The molecule has 1 aromatic rings. The molecule has 7 heteroatoms. The quantitative estimate of drug-likeness (QED) is 0.854. The summed E-state index contributed by atoms with van der Waals surface area (Å²) in [6.45, 7) is 1.96. The molecule has 2 aliphatic rings. The Bertz CT molecular complexity index is 569. The van der Waals surface area contributed by atoms with E-state index in [4.69, 9.17) is 0 Å². The lowest BCUT2D eigenvalue weighted by Gasteiger charge is -2.17. The molecule has 2 aliphatic heterocycles. The molecular weight excluding hydrogens is 302 g/mol. The van der Waals surface area contributed by atoms with Gasteiger partial charge in [-0.2, -0.15) is 11.8 Å². The van der Waals surface area contributed by atoms with Crippen molar-refractivity contribution in [2.45, 2.75) is 6.42 Å². The number of hydrogen-bond donors (Lipinski definition) is 2. The summed E-state index contributed by atoms with van der Waals surface area (Å²) in [5.41, 5.74) is -0.0114. The van der Waals surface area contributed by atoms with Crippen LogP contribution in [0.3, 0.4) is 0 Å². The molecule has 2 amide bonds. The van der Waals surface area contributed by atoms with Crippen LogP contribution in [0.4, 0.5) is 0 Å². The summed E-state index contributed by atoms with van der Waals surface area (Å²) >= 11 is 1.98. The van der Waals surface area contributed by atoms with Crippen LogP contribution in [-0.2, 0) is 4.79 Å². The van der Waals surface area contributed by atoms with Gasteiger partial charge in [0.15, 0.2) is 5.69 Å². The Balaban J connectivity index is 1.44. The van der Waals surface area contributed by atoms with Gasteiger partial charge in [-0.3, -0.25) is 9.59 Å². The number of nitrogens with one attached hydrogen (secondary N) is 1. The number of nitrogens with zero attached hydrogens (tertiary/aromatic N) is 2. The standard InChI is InChI=1S/C15H19N3O3S/c19-12-2-1-4-16-14(12)15(21)17-5-3-13(20)18-6-10-8-22-9-11(10)7-18/h1-2,4,10-11,19H,3,5-9H2,(H,17,21)/t10-,11+. The van der Waals surface area contributed by atoms with Gasteiger partial charge in [-0.1, -0.05) is 0 Å². The fourth-order valence-electron chi connectivity index (χ4n) is 2.99. The maximum Gasteiger partial charge on any atom is 0.273 e. The lowest BCUT2D eigenvalue weighted by molar-refractivity contribution is -0.130. The Kier molecular flexibility index (Phi) is 4.52. The van der Waals surface area contributed by atoms with E-state index in [0.29, 0.717) is 11.8 Å². The summed E-state index contributed by atoms with van der Waals surface area (Å²) in [5.74, 6) is 3.08. The third kappa shape index (κ3) is 3.19. The summed E-state index contributed by atoms with van der Waals surface area (Å²) in [5, 5.41) is 12.2. The van der Waals surface area contributed by atoms with E-state index < -0.39 is 5.91 Å². The molecule has 0 radical (unpaired) electrons. The van der Waals surface area contributed by atoms with Crippen molar-refractivity contribution >= 4 is 23.6 Å². The Morgan fingerprint density at radius 3 is 2.77 bits per heavy atom. The highest BCUT2D eigenvalue weighted by Gasteiger charge is 2.38. The highest BCUT2D eigenvalue weighted by Crippen LogP contribution is 2.35. The second-order valence-corrected chi connectivity index (χ2v) is 6.81. The molecule has 0 spiro atoms. The third-order valence-electron chi connectivity index (χ3n) is 4.22. The van der Waals surface area contributed by atoms with Crippen molar-refractivity contribution in [3.63, 3.8) is 0 Å². The van der Waals surface area contributed by atoms with Crippen molar-refractivity contribution in [3.8, 4) is 5.75 Å². The lowest BCUT2D eigenvalue weighted by Crippen LogP contribution is -2.34. The Hall–Kier alpha value is -1.76. The van der Waals surface area contributed by atoms with Crippen LogP contribution in [-0.4, -0.2) is 57.9 Å². The molecule has 0 aliphatic carbocycles. The molecule has 1 aromatic heterocycles. The van der Waals surface area contributed by atoms with Gasteiger partial charge in [0.1, 0.15) is 5.75 Å². The molecule has 2 saturated heterocycles. The van der Waals surface area contributed by atoms with Crippen LogP contribution in [0.1, 0.15) is 16.9 Å². The zero-order chi connectivity index (χ0) is 15.5. The van der Waals surface area contributed by atoms with E-state index in [-0.39, 0.29) is 30.3 Å². The minimum atomic E-state index is -0.458. The molecule has 2 N–H and O–H groups in total. The fraction of sp³-hybridized carbons (Fsp3) is 0.533. The van der Waals surface area contributed by atoms with Crippen molar-refractivity contribution < 1.29 is 14.7 Å². The number of aromatic nitrogens is 1. The first-order chi connectivity index (χ1) is 10.6. The number of thioether (sulfide) groups is 1. The average molecular weight is 321 g/mol. The highest BCUT2D eigenvalue weighted by molar-refractivity contribution is 7.99. The van der Waals surface area contributed by atoms with Crippen molar-refractivity contribution in [3.05, 3.63) is 24.0 Å². The molecule has 0 unspecified atom stereocenters. The number of likely N-dealkylation sites (tertiary alicyclic amines) is 1. The zero-order valence-electron chi connectivity index (χ0n) is 12.2. The van der Waals surface area contributed by atoms with Gasteiger partial charge in [0, 0.05) is 32.3 Å². The second-order valence-electron chi connectivity index (χ2n) is 5.73. The van der Waals surface area contributed by atoms with E-state index in [2.05, 4.69) is 10.3 Å². The SMILES string of the molecule is O=C(NCCC(=O)N1C[C@H]2CSC[C@H]2C1)c1ncccc1O. The number of rotatable bonds is 4. The molecule has 3 heterocycles. The van der Waals surface area contributed by atoms with Crippen LogP contribution in [0.15, 0.2) is 18.3 Å². The summed E-state index contributed by atoms with van der Waals surface area (Å²) in [6.07, 6.45) is 1.73. The number of carbonyl (C=O) groups excluding carboxylic acids is 2. The van der Waals surface area contributed by atoms with Crippen molar-refractivity contribution in [2.24, 2.45) is 11.8 Å². The first-order valence-electron chi connectivity index (χ1n) is 7.43. The molecule has 3 rings (SSSR count). The van der Waals surface area contributed by atoms with E-state index in [1.165, 1.54) is 12.3 Å². The molecular formula is C15H19N3O3S. The first kappa shape index (κ1) is 15.1. The summed E-state index contributed by atoms with van der Waals surface area (Å²) in [6, 6.07) is 2.96. The highest BCUT2D eigenvalue weighted by atomic mass is 32.2. The minimum Gasteiger partial charge on any atom is -0.505 e. The summed E-state index contributed by atoms with van der Waals surface area (Å²) < 4.78 is 0. The van der Waals surface area contributed by atoms with Crippen LogP contribution in [0.5, 0.6) is 5.75 Å². The minimum absolute atomic E-state index is 0.0114. The maximum atomic E-state index is 12.2. The van der Waals surface area contributed by atoms with Gasteiger partial charge in [0.05, 0.1) is 0 Å². The smallest absolute Gasteiger partial charge is 0.273 e. The van der Waals surface area contributed by atoms with Crippen LogP contribution in [0, 0.1) is 11.8 Å². The largest absolute Gasteiger partial charge is 0.505 e. The van der Waals surface area contributed by atoms with E-state index in [9.17, 15) is 14.7 Å². The number of amides is 2. The monoisotopic (exact) mass is 321 g/mol. The third-order valence-corrected chi connectivity index (χ3v) is 5.55. The number of pyridine rings is 1. The number of fused-ring (bicyclic) bond motifs is 1. The summed E-state index contributed by atoms with van der Waals surface area (Å²) in [7, 11) is 0. The van der Waals surface area contributed by atoms with Crippen molar-refractivity contribution in [1.82, 2.24) is 15.2 Å². The van der Waals surface area contributed by atoms with E-state index in [0.717, 1.165) is 24.6 Å². The van der Waals surface area contributed by atoms with Gasteiger partial charge in [-0.15, -0.1) is 0 Å². The molecule has 0 aromatic carbocycles. The Morgan fingerprint density at radius 1 is 1.36 bits per heavy atom. The van der Waals surface area contributed by atoms with Crippen LogP contribution < -0.4 is 5.32 Å². The normalized spacial score (nSPS) is 23.4. The molecule has 2 atom stereocenters. The number of carbonyl (C=O) groups is 2. The Morgan fingerprint density at radius 2 is 2.09 bits per heavy atom. The summed E-state index contributed by atoms with van der Waals surface area (Å²) in [4.78, 5) is 29.8. The van der Waals surface area contributed by atoms with Gasteiger partial charge >= 0.3 is 0 Å². The van der Waals surface area contributed by atoms with Crippen LogP contribution >= 0.6 is 11.8 Å². The first-order valence-corrected chi connectivity index (χ1v) is 8.58. The predicted molar refractivity (Wildman–Crippen MR) is 83.7 cm³/mol. The second kappa shape index (κ2) is 6.56. The van der Waals surface area contributed by atoms with E-state index in [1.807, 2.05) is 16.7 Å². The van der Waals surface area contributed by atoms with Crippen LogP contribution in [0.2, 0.25) is 0 Å². The predicted octanol–water partition coefficient (Wildman–Crippen LogP) is 0.729. The topological polar surface area (TPSA) is 82.5 Å². The van der Waals surface area contributed by atoms with Gasteiger partial charge in [0.25, 0.3) is 5.91 Å². The van der Waals surface area contributed by atoms with Crippen molar-refractivity contribution in [1.29, 1.82) is 0 Å². The molecule has 6 nitrogen and oxygen atoms in total. The Labute approximate surface area is 133 Å². The molecule has 0 saturated carbocycles. The molecule has 118 valence electrons. The van der Waals surface area contributed by atoms with E-state index in [1.54, 1.807) is 6.07 Å². The number of hydrogen-bond acceptors (Lipinski definition) is 5. The lowest BCUT2D eigenvalue weighted by atomic mass is 10.0. The molecule has 2 fully saturated rings.